The van der Waals surface area contributed by atoms with Gasteiger partial charge >= 0.3 is 19.8 Å². The zero-order chi connectivity index (χ0) is 38.6. The molecule has 1 aliphatic carbocycles. The summed E-state index contributed by atoms with van der Waals surface area (Å²) < 4.78 is 33.1. The van der Waals surface area contributed by atoms with Crippen LogP contribution in [0.15, 0.2) is 24.3 Å². The lowest BCUT2D eigenvalue weighted by molar-refractivity contribution is -0.220. The van der Waals surface area contributed by atoms with Crippen LogP contribution < -0.4 is 0 Å². The standard InChI is InChI=1S/C38H69O13P/c1-3-5-7-9-11-13-14-15-16-17-18-19-21-23-25-27-32(40)50-30(28-48-31(39)26-24-22-20-12-10-8-6-4-2)29-49-52(46,47)51-38-36(44)34(42)33(41)35(43)37(38)45/h21,23,25,27,30,33-38,41-45H,3-20,22,24,26,28-29H2,1-2H3,(H,46,47)/b23-21+,27-25+/t30-,33?,34-,35?,36?,37?,38?/m1/s1. The Bertz CT molecular complexity index is 1020. The van der Waals surface area contributed by atoms with Crippen LogP contribution >= 0.6 is 7.82 Å². The number of hydrogen-bond acceptors (Lipinski definition) is 12. The molecule has 52 heavy (non-hydrogen) atoms. The maximum Gasteiger partial charge on any atom is 0.472 e. The van der Waals surface area contributed by atoms with Crippen LogP contribution in [0, 0.1) is 0 Å². The fraction of sp³-hybridized carbons (Fsp3) is 0.842. The second-order valence-electron chi connectivity index (χ2n) is 13.9. The van der Waals surface area contributed by atoms with Gasteiger partial charge in [0.25, 0.3) is 0 Å². The predicted molar refractivity (Wildman–Crippen MR) is 198 cm³/mol. The largest absolute Gasteiger partial charge is 0.472 e. The molecule has 1 rings (SSSR count). The van der Waals surface area contributed by atoms with Crippen molar-refractivity contribution in [3.05, 3.63) is 24.3 Å². The number of carbonyl (C=O) groups is 2. The molecule has 0 aromatic rings. The summed E-state index contributed by atoms with van der Waals surface area (Å²) in [6, 6.07) is 0. The summed E-state index contributed by atoms with van der Waals surface area (Å²) in [6.45, 7) is 3.13. The Balaban J connectivity index is 2.58. The van der Waals surface area contributed by atoms with Gasteiger partial charge in [0, 0.05) is 12.5 Å². The van der Waals surface area contributed by atoms with Crippen LogP contribution in [0.3, 0.4) is 0 Å². The summed E-state index contributed by atoms with van der Waals surface area (Å²) in [5, 5.41) is 49.8. The van der Waals surface area contributed by atoms with Crippen LogP contribution in [0.5, 0.6) is 0 Å². The topological polar surface area (TPSA) is 210 Å². The molecule has 0 saturated heterocycles. The fourth-order valence-electron chi connectivity index (χ4n) is 5.90. The van der Waals surface area contributed by atoms with Crippen LogP contribution in [0.4, 0.5) is 0 Å². The van der Waals surface area contributed by atoms with Crippen molar-refractivity contribution in [1.29, 1.82) is 0 Å². The van der Waals surface area contributed by atoms with E-state index in [-0.39, 0.29) is 6.42 Å². The van der Waals surface area contributed by atoms with Crippen molar-refractivity contribution in [2.75, 3.05) is 13.2 Å². The van der Waals surface area contributed by atoms with Crippen LogP contribution in [-0.4, -0.2) is 98.3 Å². The maximum absolute atomic E-state index is 12.7. The van der Waals surface area contributed by atoms with Gasteiger partial charge in [-0.25, -0.2) is 9.36 Å². The molecule has 8 atom stereocenters. The zero-order valence-corrected chi connectivity index (χ0v) is 32.5. The minimum absolute atomic E-state index is 0.149. The van der Waals surface area contributed by atoms with E-state index in [1.807, 2.05) is 6.08 Å². The van der Waals surface area contributed by atoms with E-state index in [1.165, 1.54) is 83.1 Å². The van der Waals surface area contributed by atoms with E-state index < -0.39 is 75.7 Å². The van der Waals surface area contributed by atoms with Gasteiger partial charge in [0.2, 0.25) is 0 Å². The number of phosphoric ester groups is 1. The molecular weight excluding hydrogens is 695 g/mol. The van der Waals surface area contributed by atoms with Crippen LogP contribution in [0.25, 0.3) is 0 Å². The third kappa shape index (κ3) is 22.5. The molecule has 0 heterocycles. The summed E-state index contributed by atoms with van der Waals surface area (Å²) >= 11 is 0. The number of unbranched alkanes of at least 4 members (excludes halogenated alkanes) is 18. The van der Waals surface area contributed by atoms with Crippen molar-refractivity contribution in [3.63, 3.8) is 0 Å². The molecule has 13 nitrogen and oxygen atoms in total. The number of aliphatic hydroxyl groups excluding tert-OH is 5. The molecule has 0 aliphatic heterocycles. The highest BCUT2D eigenvalue weighted by atomic mass is 31.2. The molecule has 0 radical (unpaired) electrons. The molecule has 0 spiro atoms. The van der Waals surface area contributed by atoms with E-state index in [0.29, 0.717) is 6.42 Å². The first-order valence-corrected chi connectivity index (χ1v) is 21.2. The maximum atomic E-state index is 12.7. The van der Waals surface area contributed by atoms with Gasteiger partial charge in [0.15, 0.2) is 6.10 Å². The SMILES string of the molecule is CCCCCCCCCCCCC/C=C/C=C/C(=O)O[C@H](COC(=O)CCCCCCCCCC)COP(=O)(O)OC1C(O)C(O)C(O)[C@@H](O)C1O. The first-order chi connectivity index (χ1) is 24.9. The molecule has 0 aromatic heterocycles. The Hall–Kier alpha value is -1.67. The second kappa shape index (κ2) is 29.7. The number of ether oxygens (including phenoxy) is 2. The molecule has 6 N–H and O–H groups in total. The van der Waals surface area contributed by atoms with E-state index in [0.717, 1.165) is 51.0 Å². The molecule has 1 saturated carbocycles. The lowest BCUT2D eigenvalue weighted by Crippen LogP contribution is -2.64. The number of carbonyl (C=O) groups excluding carboxylic acids is 2. The van der Waals surface area contributed by atoms with Crippen molar-refractivity contribution in [2.45, 2.75) is 191 Å². The van der Waals surface area contributed by atoms with Gasteiger partial charge in [-0.15, -0.1) is 0 Å². The Kier molecular flexibility index (Phi) is 27.6. The average molecular weight is 765 g/mol. The van der Waals surface area contributed by atoms with Gasteiger partial charge in [-0.1, -0.05) is 141 Å². The minimum atomic E-state index is -5.13. The quantitative estimate of drug-likeness (QED) is 0.0155. The summed E-state index contributed by atoms with van der Waals surface area (Å²) in [6.07, 6.45) is 16.2. The average Bonchev–Trinajstić information content (AvgIpc) is 3.12. The molecule has 304 valence electrons. The lowest BCUT2D eigenvalue weighted by Gasteiger charge is -2.41. The Morgan fingerprint density at radius 3 is 1.62 bits per heavy atom. The Labute approximate surface area is 311 Å². The molecule has 6 unspecified atom stereocenters. The Morgan fingerprint density at radius 1 is 0.635 bits per heavy atom. The van der Waals surface area contributed by atoms with Gasteiger partial charge in [-0.3, -0.25) is 13.8 Å². The molecule has 1 fully saturated rings. The molecule has 1 aliphatic rings. The summed E-state index contributed by atoms with van der Waals surface area (Å²) in [4.78, 5) is 35.2. The number of esters is 2. The highest BCUT2D eigenvalue weighted by Crippen LogP contribution is 2.47. The van der Waals surface area contributed by atoms with Crippen molar-refractivity contribution >= 4 is 19.8 Å². The molecule has 0 amide bonds. The third-order valence-electron chi connectivity index (χ3n) is 9.15. The Morgan fingerprint density at radius 2 is 1.10 bits per heavy atom. The first kappa shape index (κ1) is 48.3. The highest BCUT2D eigenvalue weighted by molar-refractivity contribution is 7.47. The van der Waals surface area contributed by atoms with Gasteiger partial charge in [0.05, 0.1) is 6.61 Å². The van der Waals surface area contributed by atoms with Crippen LogP contribution in [0.1, 0.15) is 149 Å². The van der Waals surface area contributed by atoms with E-state index in [1.54, 1.807) is 6.08 Å². The normalized spacial score (nSPS) is 23.9. The van der Waals surface area contributed by atoms with Crippen molar-refractivity contribution < 1.29 is 63.1 Å². The number of rotatable bonds is 31. The highest BCUT2D eigenvalue weighted by Gasteiger charge is 2.51. The van der Waals surface area contributed by atoms with Gasteiger partial charge in [-0.2, -0.15) is 0 Å². The lowest BCUT2D eigenvalue weighted by atomic mass is 9.85. The monoisotopic (exact) mass is 764 g/mol. The zero-order valence-electron chi connectivity index (χ0n) is 31.6. The summed E-state index contributed by atoms with van der Waals surface area (Å²) in [5.41, 5.74) is 0. The van der Waals surface area contributed by atoms with Crippen molar-refractivity contribution in [2.24, 2.45) is 0 Å². The number of phosphoric acid groups is 1. The fourth-order valence-corrected chi connectivity index (χ4v) is 6.87. The molecular formula is C38H69O13P. The van der Waals surface area contributed by atoms with E-state index >= 15 is 0 Å². The molecule has 0 aromatic carbocycles. The van der Waals surface area contributed by atoms with Crippen LogP contribution in [0.2, 0.25) is 0 Å². The van der Waals surface area contributed by atoms with Gasteiger partial charge in [0.1, 0.15) is 43.2 Å². The number of hydrogen-bond donors (Lipinski definition) is 6. The summed E-state index contributed by atoms with van der Waals surface area (Å²) in [5.74, 6) is -1.36. The molecule has 0 bridgehead atoms. The first-order valence-electron chi connectivity index (χ1n) is 19.7. The summed E-state index contributed by atoms with van der Waals surface area (Å²) in [7, 11) is -5.13. The van der Waals surface area contributed by atoms with E-state index in [4.69, 9.17) is 18.5 Å². The van der Waals surface area contributed by atoms with Crippen molar-refractivity contribution in [3.8, 4) is 0 Å². The van der Waals surface area contributed by atoms with Gasteiger partial charge < -0.3 is 39.9 Å². The second-order valence-corrected chi connectivity index (χ2v) is 15.3. The number of allylic oxidation sites excluding steroid dienone is 3. The van der Waals surface area contributed by atoms with Crippen molar-refractivity contribution in [1.82, 2.24) is 0 Å². The van der Waals surface area contributed by atoms with Gasteiger partial charge in [-0.05, 0) is 19.3 Å². The predicted octanol–water partition coefficient (Wildman–Crippen LogP) is 6.11. The number of aliphatic hydroxyl groups is 5. The minimum Gasteiger partial charge on any atom is -0.462 e. The van der Waals surface area contributed by atoms with E-state index in [9.17, 15) is 44.6 Å². The molecule has 14 heteroatoms. The third-order valence-corrected chi connectivity index (χ3v) is 10.1. The van der Waals surface area contributed by atoms with E-state index in [2.05, 4.69) is 13.8 Å². The smallest absolute Gasteiger partial charge is 0.462 e. The van der Waals surface area contributed by atoms with Crippen LogP contribution in [-0.2, 0) is 32.7 Å².